The highest BCUT2D eigenvalue weighted by atomic mass is 32.2. The fourth-order valence-electron chi connectivity index (χ4n) is 5.32. The fraction of sp³-hybridized carbons (Fsp3) is 0.708. The molecule has 1 saturated carbocycles. The molecule has 3 aliphatic rings. The standard InChI is InChI=1S/C24H37N3O3S/c28-24(19-8-3-4-9-19)26-22-16-20-10-11-23(18-21(20)17-22)31(29,30)25-12-7-15-27-13-5-1-2-6-14-27/h10-11,18-19,22,25H,1-9,12-17H2,(H,26,28)/t22-/m1/s1. The summed E-state index contributed by atoms with van der Waals surface area (Å²) >= 11 is 0. The largest absolute Gasteiger partial charge is 0.352 e. The van der Waals surface area contributed by atoms with Crippen LogP contribution >= 0.6 is 0 Å². The number of sulfonamides is 1. The molecule has 0 unspecified atom stereocenters. The minimum atomic E-state index is -3.50. The fourth-order valence-corrected chi connectivity index (χ4v) is 6.45. The number of amides is 1. The SMILES string of the molecule is O=C(N[C@@H]1Cc2ccc(S(=O)(=O)NCCCN3CCCCCC3)cc2C1)C1CCCC1. The topological polar surface area (TPSA) is 78.5 Å². The Hall–Kier alpha value is -1.44. The molecule has 1 aromatic carbocycles. The quantitative estimate of drug-likeness (QED) is 0.601. The molecule has 6 nitrogen and oxygen atoms in total. The Kier molecular flexibility index (Phi) is 7.67. The molecular formula is C24H37N3O3S. The van der Waals surface area contributed by atoms with Crippen molar-refractivity contribution in [3.8, 4) is 0 Å². The van der Waals surface area contributed by atoms with Gasteiger partial charge in [0, 0.05) is 18.5 Å². The zero-order chi connectivity index (χ0) is 21.7. The van der Waals surface area contributed by atoms with E-state index in [9.17, 15) is 13.2 Å². The van der Waals surface area contributed by atoms with Gasteiger partial charge in [0.15, 0.2) is 0 Å². The Morgan fingerprint density at radius 2 is 1.68 bits per heavy atom. The Morgan fingerprint density at radius 1 is 0.968 bits per heavy atom. The van der Waals surface area contributed by atoms with Gasteiger partial charge in [-0.05, 0) is 87.8 Å². The maximum atomic E-state index is 12.8. The van der Waals surface area contributed by atoms with E-state index in [-0.39, 0.29) is 17.9 Å². The van der Waals surface area contributed by atoms with Crippen LogP contribution in [0.2, 0.25) is 0 Å². The van der Waals surface area contributed by atoms with Crippen molar-refractivity contribution in [2.24, 2.45) is 5.92 Å². The molecule has 1 saturated heterocycles. The van der Waals surface area contributed by atoms with E-state index in [2.05, 4.69) is 14.9 Å². The molecule has 1 atom stereocenters. The van der Waals surface area contributed by atoms with Gasteiger partial charge in [-0.25, -0.2) is 13.1 Å². The normalized spacial score (nSPS) is 22.9. The van der Waals surface area contributed by atoms with Crippen LogP contribution in [0.3, 0.4) is 0 Å². The van der Waals surface area contributed by atoms with Crippen molar-refractivity contribution in [3.05, 3.63) is 29.3 Å². The maximum absolute atomic E-state index is 12.8. The highest BCUT2D eigenvalue weighted by Crippen LogP contribution is 2.28. The zero-order valence-corrected chi connectivity index (χ0v) is 19.4. The molecule has 1 aliphatic heterocycles. The number of carbonyl (C=O) groups is 1. The first kappa shape index (κ1) is 22.7. The molecule has 0 spiro atoms. The van der Waals surface area contributed by atoms with E-state index in [4.69, 9.17) is 0 Å². The first-order chi connectivity index (χ1) is 15.0. The third-order valence-electron chi connectivity index (χ3n) is 7.13. The lowest BCUT2D eigenvalue weighted by Crippen LogP contribution is -2.38. The Bertz CT molecular complexity index is 857. The van der Waals surface area contributed by atoms with E-state index in [1.54, 1.807) is 12.1 Å². The first-order valence-corrected chi connectivity index (χ1v) is 13.6. The van der Waals surface area contributed by atoms with Crippen LogP contribution in [0.15, 0.2) is 23.1 Å². The molecule has 4 rings (SSSR count). The van der Waals surface area contributed by atoms with Crippen LogP contribution in [0.1, 0.15) is 68.9 Å². The van der Waals surface area contributed by atoms with Crippen molar-refractivity contribution in [2.45, 2.75) is 81.6 Å². The molecule has 1 heterocycles. The molecule has 2 N–H and O–H groups in total. The minimum Gasteiger partial charge on any atom is -0.352 e. The molecule has 2 fully saturated rings. The van der Waals surface area contributed by atoms with E-state index in [1.807, 2.05) is 6.07 Å². The van der Waals surface area contributed by atoms with Gasteiger partial charge in [0.1, 0.15) is 0 Å². The first-order valence-electron chi connectivity index (χ1n) is 12.2. The number of hydrogen-bond donors (Lipinski definition) is 2. The van der Waals surface area contributed by atoms with Crippen molar-refractivity contribution in [1.29, 1.82) is 0 Å². The summed E-state index contributed by atoms with van der Waals surface area (Å²) in [5, 5.41) is 3.19. The highest BCUT2D eigenvalue weighted by Gasteiger charge is 2.29. The van der Waals surface area contributed by atoms with E-state index >= 15 is 0 Å². The summed E-state index contributed by atoms with van der Waals surface area (Å²) in [4.78, 5) is 15.2. The number of likely N-dealkylation sites (tertiary alicyclic amines) is 1. The predicted molar refractivity (Wildman–Crippen MR) is 122 cm³/mol. The molecule has 31 heavy (non-hydrogen) atoms. The number of nitrogens with one attached hydrogen (secondary N) is 2. The average molecular weight is 448 g/mol. The lowest BCUT2D eigenvalue weighted by Gasteiger charge is -2.19. The second kappa shape index (κ2) is 10.5. The molecule has 1 aromatic rings. The summed E-state index contributed by atoms with van der Waals surface area (Å²) in [6.07, 6.45) is 11.8. The van der Waals surface area contributed by atoms with Crippen molar-refractivity contribution in [2.75, 3.05) is 26.2 Å². The zero-order valence-electron chi connectivity index (χ0n) is 18.6. The van der Waals surface area contributed by atoms with Crippen LogP contribution in [0.4, 0.5) is 0 Å². The molecular weight excluding hydrogens is 410 g/mol. The predicted octanol–water partition coefficient (Wildman–Crippen LogP) is 3.00. The van der Waals surface area contributed by atoms with E-state index in [0.29, 0.717) is 17.9 Å². The van der Waals surface area contributed by atoms with Crippen LogP contribution < -0.4 is 10.0 Å². The second-order valence-corrected chi connectivity index (χ2v) is 11.3. The van der Waals surface area contributed by atoms with Crippen LogP contribution in [-0.2, 0) is 27.7 Å². The van der Waals surface area contributed by atoms with Gasteiger partial charge in [-0.15, -0.1) is 0 Å². The van der Waals surface area contributed by atoms with Crippen molar-refractivity contribution in [3.63, 3.8) is 0 Å². The number of fused-ring (bicyclic) bond motifs is 1. The molecule has 0 aromatic heterocycles. The Morgan fingerprint density at radius 3 is 2.42 bits per heavy atom. The van der Waals surface area contributed by atoms with Gasteiger partial charge in [-0.3, -0.25) is 4.79 Å². The van der Waals surface area contributed by atoms with Gasteiger partial charge >= 0.3 is 0 Å². The third-order valence-corrected chi connectivity index (χ3v) is 8.59. The van der Waals surface area contributed by atoms with Gasteiger partial charge in [-0.1, -0.05) is 31.7 Å². The molecule has 2 aliphatic carbocycles. The van der Waals surface area contributed by atoms with E-state index in [0.717, 1.165) is 69.3 Å². The molecule has 1 amide bonds. The van der Waals surface area contributed by atoms with Gasteiger partial charge in [0.2, 0.25) is 15.9 Å². The summed E-state index contributed by atoms with van der Waals surface area (Å²) in [5.74, 6) is 0.340. The second-order valence-electron chi connectivity index (χ2n) is 9.53. The van der Waals surface area contributed by atoms with Gasteiger partial charge < -0.3 is 10.2 Å². The third kappa shape index (κ3) is 6.08. The number of hydrogen-bond acceptors (Lipinski definition) is 4. The lowest BCUT2D eigenvalue weighted by molar-refractivity contribution is -0.125. The molecule has 0 bridgehead atoms. The number of benzene rings is 1. The average Bonchev–Trinajstić information content (AvgIpc) is 3.35. The number of carbonyl (C=O) groups excluding carboxylic acids is 1. The summed E-state index contributed by atoms with van der Waals surface area (Å²) in [6, 6.07) is 5.51. The van der Waals surface area contributed by atoms with Crippen LogP contribution in [0, 0.1) is 5.92 Å². The Balaban J connectivity index is 1.27. The Labute approximate surface area is 187 Å². The van der Waals surface area contributed by atoms with Gasteiger partial charge in [-0.2, -0.15) is 0 Å². The summed E-state index contributed by atoms with van der Waals surface area (Å²) in [7, 11) is -3.50. The number of nitrogens with zero attached hydrogens (tertiary/aromatic N) is 1. The van der Waals surface area contributed by atoms with E-state index in [1.165, 1.54) is 25.7 Å². The number of rotatable bonds is 8. The molecule has 172 valence electrons. The maximum Gasteiger partial charge on any atom is 0.240 e. The smallest absolute Gasteiger partial charge is 0.240 e. The monoisotopic (exact) mass is 447 g/mol. The van der Waals surface area contributed by atoms with Gasteiger partial charge in [0.05, 0.1) is 4.90 Å². The van der Waals surface area contributed by atoms with Crippen LogP contribution in [0.5, 0.6) is 0 Å². The minimum absolute atomic E-state index is 0.0858. The van der Waals surface area contributed by atoms with Crippen molar-refractivity contribution < 1.29 is 13.2 Å². The van der Waals surface area contributed by atoms with Crippen LogP contribution in [-0.4, -0.2) is 51.4 Å². The van der Waals surface area contributed by atoms with Gasteiger partial charge in [0.25, 0.3) is 0 Å². The lowest BCUT2D eigenvalue weighted by atomic mass is 10.1. The summed E-state index contributed by atoms with van der Waals surface area (Å²) in [5.41, 5.74) is 2.20. The summed E-state index contributed by atoms with van der Waals surface area (Å²) in [6.45, 7) is 3.69. The van der Waals surface area contributed by atoms with Crippen LogP contribution in [0.25, 0.3) is 0 Å². The van der Waals surface area contributed by atoms with Crippen molar-refractivity contribution in [1.82, 2.24) is 14.9 Å². The highest BCUT2D eigenvalue weighted by molar-refractivity contribution is 7.89. The molecule has 0 radical (unpaired) electrons. The van der Waals surface area contributed by atoms with Crippen molar-refractivity contribution >= 4 is 15.9 Å². The molecule has 7 heteroatoms. The summed E-state index contributed by atoms with van der Waals surface area (Å²) < 4.78 is 28.3. The van der Waals surface area contributed by atoms with E-state index < -0.39 is 10.0 Å².